The molecule has 0 saturated carbocycles. The Labute approximate surface area is 244 Å². The van der Waals surface area contributed by atoms with Crippen LogP contribution in [0.5, 0.6) is 5.75 Å². The average Bonchev–Trinajstić information content (AvgIpc) is 3.57. The van der Waals surface area contributed by atoms with Crippen LogP contribution in [0.4, 0.5) is 10.8 Å². The van der Waals surface area contributed by atoms with Crippen LogP contribution in [0, 0.1) is 17.0 Å². The molecule has 4 rings (SSSR count). The molecule has 1 atom stereocenters. The van der Waals surface area contributed by atoms with E-state index in [0.717, 1.165) is 6.42 Å². The third kappa shape index (κ3) is 7.67. The van der Waals surface area contributed by atoms with Crippen LogP contribution in [0.1, 0.15) is 30.8 Å². The molecule has 2 N–H and O–H groups in total. The largest absolute Gasteiger partial charge is 0.481 e. The van der Waals surface area contributed by atoms with E-state index < -0.39 is 11.0 Å². The van der Waals surface area contributed by atoms with Crippen LogP contribution in [0.2, 0.25) is 0 Å². The Morgan fingerprint density at radius 2 is 1.95 bits per heavy atom. The summed E-state index contributed by atoms with van der Waals surface area (Å²) in [6, 6.07) is 12.5. The van der Waals surface area contributed by atoms with Gasteiger partial charge >= 0.3 is 0 Å². The van der Waals surface area contributed by atoms with Gasteiger partial charge in [-0.25, -0.2) is 4.98 Å². The lowest BCUT2D eigenvalue weighted by Gasteiger charge is -2.15. The van der Waals surface area contributed by atoms with Gasteiger partial charge in [0.15, 0.2) is 22.2 Å². The first kappa shape index (κ1) is 29.7. The number of carbonyl (C=O) groups is 2. The van der Waals surface area contributed by atoms with Gasteiger partial charge in [-0.1, -0.05) is 43.0 Å². The molecule has 214 valence electrons. The molecule has 0 radical (unpaired) electrons. The summed E-state index contributed by atoms with van der Waals surface area (Å²) in [5, 5.41) is 27.6. The fourth-order valence-electron chi connectivity index (χ4n) is 3.71. The zero-order valence-corrected chi connectivity index (χ0v) is 24.5. The number of anilines is 1. The van der Waals surface area contributed by atoms with E-state index in [1.165, 1.54) is 34.7 Å². The Bertz CT molecular complexity index is 1550. The molecule has 0 aliphatic rings. The number of rotatable bonds is 12. The first-order valence-electron chi connectivity index (χ1n) is 12.7. The van der Waals surface area contributed by atoms with Crippen molar-refractivity contribution in [3.05, 3.63) is 74.9 Å². The number of nitro groups is 1. The Balaban J connectivity index is 1.26. The maximum Gasteiger partial charge on any atom is 0.272 e. The molecule has 14 heteroatoms. The van der Waals surface area contributed by atoms with Gasteiger partial charge in [-0.05, 0) is 38.0 Å². The van der Waals surface area contributed by atoms with Crippen molar-refractivity contribution in [2.24, 2.45) is 7.05 Å². The smallest absolute Gasteiger partial charge is 0.272 e. The van der Waals surface area contributed by atoms with Gasteiger partial charge in [-0.2, -0.15) is 0 Å². The Morgan fingerprint density at radius 1 is 1.20 bits per heavy atom. The van der Waals surface area contributed by atoms with Crippen molar-refractivity contribution in [3.63, 3.8) is 0 Å². The van der Waals surface area contributed by atoms with Crippen LogP contribution in [0.3, 0.4) is 0 Å². The van der Waals surface area contributed by atoms with Gasteiger partial charge in [0, 0.05) is 29.6 Å². The van der Waals surface area contributed by atoms with Crippen molar-refractivity contribution in [3.8, 4) is 17.0 Å². The number of hydrogen-bond donors (Lipinski definition) is 2. The molecule has 1 unspecified atom stereocenters. The van der Waals surface area contributed by atoms with E-state index in [0.29, 0.717) is 38.7 Å². The van der Waals surface area contributed by atoms with Crippen LogP contribution in [0.15, 0.2) is 53.0 Å². The second-order valence-corrected chi connectivity index (χ2v) is 10.9. The molecule has 2 amide bonds. The summed E-state index contributed by atoms with van der Waals surface area (Å²) < 4.78 is 7.43. The zero-order chi connectivity index (χ0) is 29.5. The Kier molecular flexibility index (Phi) is 9.68. The highest BCUT2D eigenvalue weighted by Crippen LogP contribution is 2.29. The molecule has 0 aliphatic carbocycles. The van der Waals surface area contributed by atoms with Gasteiger partial charge in [0.1, 0.15) is 5.75 Å². The topological polar surface area (TPSA) is 154 Å². The van der Waals surface area contributed by atoms with E-state index in [1.54, 1.807) is 43.0 Å². The molecule has 41 heavy (non-hydrogen) atoms. The highest BCUT2D eigenvalue weighted by Gasteiger charge is 2.18. The van der Waals surface area contributed by atoms with Crippen molar-refractivity contribution >= 4 is 45.7 Å². The van der Waals surface area contributed by atoms with Crippen LogP contribution < -0.4 is 15.4 Å². The molecular formula is C27H29N7O5S2. The summed E-state index contributed by atoms with van der Waals surface area (Å²) in [7, 11) is 1.75. The number of benzene rings is 2. The SMILES string of the molecule is CCc1ccc(OC(C)C(=O)NCc2nnc(SCC(=O)Nc3nc(-c4ccc(C)c([N+](=O)[O-])c4)cs3)n2C)cc1. The lowest BCUT2D eigenvalue weighted by atomic mass is 10.1. The van der Waals surface area contributed by atoms with E-state index in [9.17, 15) is 19.7 Å². The predicted molar refractivity (Wildman–Crippen MR) is 157 cm³/mol. The summed E-state index contributed by atoms with van der Waals surface area (Å²) in [4.78, 5) is 40.2. The fourth-order valence-corrected chi connectivity index (χ4v) is 5.18. The Hall–Kier alpha value is -4.30. The molecular weight excluding hydrogens is 566 g/mol. The standard InChI is InChI=1S/C27H29N7O5S2/c1-5-18-7-10-20(11-8-18)39-17(3)25(36)28-13-23-31-32-27(33(23)4)41-15-24(35)30-26-29-21(14-40-26)19-9-6-16(2)22(12-19)34(37)38/h6-12,14,17H,5,13,15H2,1-4H3,(H,28,36)(H,29,30,35). The van der Waals surface area contributed by atoms with Crippen LogP contribution in [-0.4, -0.2) is 48.3 Å². The normalized spacial score (nSPS) is 11.6. The van der Waals surface area contributed by atoms with Gasteiger partial charge in [0.05, 0.1) is 22.9 Å². The number of amides is 2. The number of hydrogen-bond acceptors (Lipinski definition) is 10. The minimum atomic E-state index is -0.694. The zero-order valence-electron chi connectivity index (χ0n) is 22.9. The maximum absolute atomic E-state index is 12.5. The summed E-state index contributed by atoms with van der Waals surface area (Å²) in [5.41, 5.74) is 2.90. The fraction of sp³-hybridized carbons (Fsp3) is 0.296. The van der Waals surface area contributed by atoms with E-state index in [4.69, 9.17) is 4.74 Å². The van der Waals surface area contributed by atoms with E-state index in [-0.39, 0.29) is 29.8 Å². The van der Waals surface area contributed by atoms with Gasteiger partial charge in [0.25, 0.3) is 11.6 Å². The number of aryl methyl sites for hydroxylation is 2. The third-order valence-corrected chi connectivity index (χ3v) is 7.92. The maximum atomic E-state index is 12.5. The number of nitrogens with zero attached hydrogens (tertiary/aromatic N) is 5. The van der Waals surface area contributed by atoms with E-state index in [2.05, 4.69) is 32.7 Å². The quantitative estimate of drug-likeness (QED) is 0.137. The summed E-state index contributed by atoms with van der Waals surface area (Å²) in [6.07, 6.45) is 0.233. The van der Waals surface area contributed by atoms with Crippen LogP contribution in [-0.2, 0) is 29.6 Å². The van der Waals surface area contributed by atoms with Gasteiger partial charge < -0.3 is 19.9 Å². The third-order valence-electron chi connectivity index (χ3n) is 6.14. The Morgan fingerprint density at radius 3 is 2.66 bits per heavy atom. The molecule has 0 fully saturated rings. The number of thioether (sulfide) groups is 1. The van der Waals surface area contributed by atoms with Crippen molar-refractivity contribution in [2.75, 3.05) is 11.1 Å². The van der Waals surface area contributed by atoms with Crippen molar-refractivity contribution in [2.45, 2.75) is 45.0 Å². The highest BCUT2D eigenvalue weighted by atomic mass is 32.2. The van der Waals surface area contributed by atoms with Gasteiger partial charge in [-0.3, -0.25) is 19.7 Å². The molecule has 0 spiro atoms. The predicted octanol–water partition coefficient (Wildman–Crippen LogP) is 4.53. The number of thiazole rings is 1. The monoisotopic (exact) mass is 595 g/mol. The van der Waals surface area contributed by atoms with Crippen LogP contribution in [0.25, 0.3) is 11.3 Å². The molecule has 2 aromatic heterocycles. The lowest BCUT2D eigenvalue weighted by molar-refractivity contribution is -0.385. The van der Waals surface area contributed by atoms with Crippen molar-refractivity contribution in [1.29, 1.82) is 0 Å². The molecule has 0 aliphatic heterocycles. The summed E-state index contributed by atoms with van der Waals surface area (Å²) in [5.74, 6) is 0.627. The minimum absolute atomic E-state index is 0.0144. The first-order valence-corrected chi connectivity index (χ1v) is 14.6. The highest BCUT2D eigenvalue weighted by molar-refractivity contribution is 7.99. The second-order valence-electron chi connectivity index (χ2n) is 9.07. The second kappa shape index (κ2) is 13.4. The van der Waals surface area contributed by atoms with Crippen molar-refractivity contribution in [1.82, 2.24) is 25.1 Å². The minimum Gasteiger partial charge on any atom is -0.481 e. The molecule has 2 aromatic carbocycles. The molecule has 2 heterocycles. The number of nitrogens with one attached hydrogen (secondary N) is 2. The molecule has 12 nitrogen and oxygen atoms in total. The molecule has 0 saturated heterocycles. The van der Waals surface area contributed by atoms with Gasteiger partial charge in [0.2, 0.25) is 5.91 Å². The summed E-state index contributed by atoms with van der Waals surface area (Å²) in [6.45, 7) is 5.57. The molecule has 0 bridgehead atoms. The molecule has 4 aromatic rings. The number of nitro benzene ring substituents is 1. The van der Waals surface area contributed by atoms with Gasteiger partial charge in [-0.15, -0.1) is 21.5 Å². The average molecular weight is 596 g/mol. The van der Waals surface area contributed by atoms with Crippen molar-refractivity contribution < 1.29 is 19.2 Å². The van der Waals surface area contributed by atoms with E-state index in [1.807, 2.05) is 24.3 Å². The lowest BCUT2D eigenvalue weighted by Crippen LogP contribution is -2.36. The number of carbonyl (C=O) groups excluding carboxylic acids is 2. The van der Waals surface area contributed by atoms with Crippen LogP contribution >= 0.6 is 23.1 Å². The summed E-state index contributed by atoms with van der Waals surface area (Å²) >= 11 is 2.42. The van der Waals surface area contributed by atoms with E-state index >= 15 is 0 Å². The number of aromatic nitrogens is 4. The number of ether oxygens (including phenoxy) is 1. The first-order chi connectivity index (χ1) is 19.6.